The minimum Gasteiger partial charge on any atom is -0.396 e. The summed E-state index contributed by atoms with van der Waals surface area (Å²) >= 11 is 3.30. The molecule has 0 aliphatic carbocycles. The highest BCUT2D eigenvalue weighted by molar-refractivity contribution is 9.10. The third kappa shape index (κ3) is 3.34. The maximum absolute atomic E-state index is 13.3. The van der Waals surface area contributed by atoms with Crippen molar-refractivity contribution in [2.75, 3.05) is 13.2 Å². The normalized spacial score (nSPS) is 18.9. The summed E-state index contributed by atoms with van der Waals surface area (Å²) in [6, 6.07) is 4.32. The Morgan fingerprint density at radius 3 is 3.05 bits per heavy atom. The average Bonchev–Trinajstić information content (AvgIpc) is 2.86. The van der Waals surface area contributed by atoms with Crippen molar-refractivity contribution < 1.29 is 14.3 Å². The first-order valence-electron chi connectivity index (χ1n) is 6.50. The summed E-state index contributed by atoms with van der Waals surface area (Å²) in [5, 5.41) is 8.89. The topological polar surface area (TPSA) is 40.5 Å². The quantitative estimate of drug-likeness (QED) is 0.922. The van der Waals surface area contributed by atoms with Crippen LogP contribution in [-0.2, 0) is 0 Å². The fourth-order valence-corrected chi connectivity index (χ4v) is 2.96. The highest BCUT2D eigenvalue weighted by atomic mass is 79.9. The Bertz CT molecular complexity index is 467. The van der Waals surface area contributed by atoms with E-state index in [0.29, 0.717) is 23.0 Å². The minimum atomic E-state index is -0.405. The van der Waals surface area contributed by atoms with Gasteiger partial charge >= 0.3 is 0 Å². The number of aliphatic hydroxyl groups excluding tert-OH is 1. The number of rotatable bonds is 4. The van der Waals surface area contributed by atoms with Gasteiger partial charge in [0, 0.05) is 23.7 Å². The monoisotopic (exact) mass is 329 g/mol. The molecule has 0 saturated carbocycles. The van der Waals surface area contributed by atoms with Gasteiger partial charge in [-0.3, -0.25) is 4.79 Å². The molecule has 1 unspecified atom stereocenters. The maximum atomic E-state index is 13.3. The molecule has 1 saturated heterocycles. The van der Waals surface area contributed by atoms with Gasteiger partial charge in [0.05, 0.1) is 5.56 Å². The van der Waals surface area contributed by atoms with Gasteiger partial charge in [-0.1, -0.05) is 0 Å². The first kappa shape index (κ1) is 14.5. The van der Waals surface area contributed by atoms with Gasteiger partial charge in [0.2, 0.25) is 0 Å². The number of benzene rings is 1. The predicted molar refractivity (Wildman–Crippen MR) is 74.5 cm³/mol. The number of hydrogen-bond donors (Lipinski definition) is 1. The lowest BCUT2D eigenvalue weighted by Gasteiger charge is -2.25. The molecule has 19 heavy (non-hydrogen) atoms. The molecule has 5 heteroatoms. The summed E-state index contributed by atoms with van der Waals surface area (Å²) in [6.45, 7) is 0.847. The lowest BCUT2D eigenvalue weighted by atomic mass is 10.1. The van der Waals surface area contributed by atoms with Crippen LogP contribution in [0.25, 0.3) is 0 Å². The van der Waals surface area contributed by atoms with Crippen LogP contribution < -0.4 is 0 Å². The molecule has 1 aromatic rings. The first-order chi connectivity index (χ1) is 9.13. The molecular formula is C14H17BrFNO2. The number of hydrogen-bond acceptors (Lipinski definition) is 2. The van der Waals surface area contributed by atoms with Crippen LogP contribution in [0.1, 0.15) is 36.0 Å². The largest absolute Gasteiger partial charge is 0.396 e. The standard InChI is InChI=1S/C14H17BrFNO2/c15-13-6-5-10(16)9-12(13)14(19)17-7-1-3-11(17)4-2-8-18/h5-6,9,11,18H,1-4,7-8H2. The van der Waals surface area contributed by atoms with E-state index in [1.165, 1.54) is 12.1 Å². The summed E-state index contributed by atoms with van der Waals surface area (Å²) in [7, 11) is 0. The van der Waals surface area contributed by atoms with E-state index in [9.17, 15) is 9.18 Å². The van der Waals surface area contributed by atoms with Gasteiger partial charge in [0.1, 0.15) is 5.82 Å². The SMILES string of the molecule is O=C(c1cc(F)ccc1Br)N1CCCC1CCCO. The molecule has 1 aliphatic heterocycles. The Kier molecular flexibility index (Phi) is 4.93. The molecule has 3 nitrogen and oxygen atoms in total. The number of carbonyl (C=O) groups excluding carboxylic acids is 1. The Balaban J connectivity index is 2.16. The highest BCUT2D eigenvalue weighted by Crippen LogP contribution is 2.26. The molecule has 0 spiro atoms. The second-order valence-corrected chi connectivity index (χ2v) is 5.64. The smallest absolute Gasteiger partial charge is 0.255 e. The van der Waals surface area contributed by atoms with Crippen LogP contribution in [0, 0.1) is 5.82 Å². The van der Waals surface area contributed by atoms with E-state index in [2.05, 4.69) is 15.9 Å². The Hall–Kier alpha value is -0.940. The maximum Gasteiger partial charge on any atom is 0.255 e. The highest BCUT2D eigenvalue weighted by Gasteiger charge is 2.29. The molecule has 0 radical (unpaired) electrons. The molecule has 1 fully saturated rings. The second kappa shape index (κ2) is 6.48. The van der Waals surface area contributed by atoms with E-state index in [0.717, 1.165) is 19.3 Å². The zero-order valence-electron chi connectivity index (χ0n) is 10.6. The van der Waals surface area contributed by atoms with Crippen LogP contribution in [-0.4, -0.2) is 35.1 Å². The van der Waals surface area contributed by atoms with Crippen LogP contribution in [0.4, 0.5) is 4.39 Å². The number of amides is 1. The summed E-state index contributed by atoms with van der Waals surface area (Å²) in [6.07, 6.45) is 3.42. The van der Waals surface area contributed by atoms with Gasteiger partial charge < -0.3 is 10.0 Å². The number of aliphatic hydroxyl groups is 1. The fourth-order valence-electron chi connectivity index (χ4n) is 2.55. The summed E-state index contributed by atoms with van der Waals surface area (Å²) < 4.78 is 13.9. The minimum absolute atomic E-state index is 0.133. The zero-order chi connectivity index (χ0) is 13.8. The molecule has 1 heterocycles. The number of nitrogens with zero attached hydrogens (tertiary/aromatic N) is 1. The first-order valence-corrected chi connectivity index (χ1v) is 7.29. The van der Waals surface area contributed by atoms with Gasteiger partial charge in [-0.25, -0.2) is 4.39 Å². The van der Waals surface area contributed by atoms with Crippen LogP contribution in [0.5, 0.6) is 0 Å². The van der Waals surface area contributed by atoms with Crippen LogP contribution in [0.15, 0.2) is 22.7 Å². The lowest BCUT2D eigenvalue weighted by Crippen LogP contribution is -2.35. The van der Waals surface area contributed by atoms with Crippen molar-refractivity contribution in [1.29, 1.82) is 0 Å². The number of carbonyl (C=O) groups is 1. The predicted octanol–water partition coefficient (Wildman–Crippen LogP) is 2.97. The van der Waals surface area contributed by atoms with Crippen molar-refractivity contribution in [3.8, 4) is 0 Å². The van der Waals surface area contributed by atoms with E-state index in [-0.39, 0.29) is 18.6 Å². The van der Waals surface area contributed by atoms with Gasteiger partial charge in [-0.05, 0) is 59.8 Å². The summed E-state index contributed by atoms with van der Waals surface area (Å²) in [4.78, 5) is 14.3. The molecular weight excluding hydrogens is 313 g/mol. The molecule has 0 bridgehead atoms. The van der Waals surface area contributed by atoms with Gasteiger partial charge in [0.25, 0.3) is 5.91 Å². The lowest BCUT2D eigenvalue weighted by molar-refractivity contribution is 0.0723. The number of halogens is 2. The second-order valence-electron chi connectivity index (χ2n) is 4.78. The van der Waals surface area contributed by atoms with E-state index < -0.39 is 5.82 Å². The van der Waals surface area contributed by atoms with Crippen molar-refractivity contribution in [2.45, 2.75) is 31.7 Å². The van der Waals surface area contributed by atoms with Gasteiger partial charge in [-0.15, -0.1) is 0 Å². The Morgan fingerprint density at radius 2 is 2.32 bits per heavy atom. The van der Waals surface area contributed by atoms with E-state index in [1.807, 2.05) is 0 Å². The molecule has 1 N–H and O–H groups in total. The summed E-state index contributed by atoms with van der Waals surface area (Å²) in [5.74, 6) is -0.538. The molecule has 1 atom stereocenters. The third-order valence-electron chi connectivity index (χ3n) is 3.49. The van der Waals surface area contributed by atoms with Crippen molar-refractivity contribution in [3.05, 3.63) is 34.1 Å². The van der Waals surface area contributed by atoms with Crippen LogP contribution in [0.3, 0.4) is 0 Å². The van der Waals surface area contributed by atoms with Crippen LogP contribution >= 0.6 is 15.9 Å². The molecule has 104 valence electrons. The molecule has 1 amide bonds. The van der Waals surface area contributed by atoms with E-state index in [1.54, 1.807) is 11.0 Å². The van der Waals surface area contributed by atoms with Gasteiger partial charge in [0.15, 0.2) is 0 Å². The fraction of sp³-hybridized carbons (Fsp3) is 0.500. The van der Waals surface area contributed by atoms with Crippen molar-refractivity contribution in [2.24, 2.45) is 0 Å². The van der Waals surface area contributed by atoms with Crippen molar-refractivity contribution in [1.82, 2.24) is 4.90 Å². The van der Waals surface area contributed by atoms with Crippen LogP contribution in [0.2, 0.25) is 0 Å². The van der Waals surface area contributed by atoms with Crippen molar-refractivity contribution in [3.63, 3.8) is 0 Å². The zero-order valence-corrected chi connectivity index (χ0v) is 12.2. The Labute approximate surface area is 120 Å². The Morgan fingerprint density at radius 1 is 1.53 bits per heavy atom. The van der Waals surface area contributed by atoms with E-state index >= 15 is 0 Å². The van der Waals surface area contributed by atoms with E-state index in [4.69, 9.17) is 5.11 Å². The van der Waals surface area contributed by atoms with Crippen molar-refractivity contribution >= 4 is 21.8 Å². The summed E-state index contributed by atoms with van der Waals surface area (Å²) in [5.41, 5.74) is 0.371. The molecule has 0 aromatic heterocycles. The molecule has 1 aliphatic rings. The van der Waals surface area contributed by atoms with Gasteiger partial charge in [-0.2, -0.15) is 0 Å². The molecule has 1 aromatic carbocycles. The molecule has 2 rings (SSSR count). The average molecular weight is 330 g/mol. The third-order valence-corrected chi connectivity index (χ3v) is 4.18. The number of likely N-dealkylation sites (tertiary alicyclic amines) is 1.